The molecule has 1 atom stereocenters. The molecule has 3 amide bonds. The van der Waals surface area contributed by atoms with Crippen LogP contribution in [0.5, 0.6) is 0 Å². The van der Waals surface area contributed by atoms with Crippen LogP contribution in [-0.4, -0.2) is 59.7 Å². The number of morpholine rings is 1. The van der Waals surface area contributed by atoms with E-state index >= 15 is 0 Å². The summed E-state index contributed by atoms with van der Waals surface area (Å²) in [5.41, 5.74) is -7.00. The number of benzene rings is 2. The topological polar surface area (TPSA) is 91.0 Å². The fourth-order valence-electron chi connectivity index (χ4n) is 2.64. The maximum absolute atomic E-state index is 13.9. The molecule has 2 aromatic carbocycles. The lowest BCUT2D eigenvalue weighted by Crippen LogP contribution is -2.52. The van der Waals surface area contributed by atoms with Crippen molar-refractivity contribution in [2.45, 2.75) is 38.3 Å². The summed E-state index contributed by atoms with van der Waals surface area (Å²) in [6.45, 7) is -27.3. The molecule has 8 heteroatoms. The fourth-order valence-corrected chi connectivity index (χ4v) is 2.64. The number of piperidine rings is 1. The van der Waals surface area contributed by atoms with Crippen LogP contribution in [0.15, 0.2) is 42.3 Å². The minimum atomic E-state index is -4.09. The first-order valence-electron chi connectivity index (χ1n) is 21.9. The molecule has 0 saturated carbocycles. The van der Waals surface area contributed by atoms with Crippen molar-refractivity contribution in [1.82, 2.24) is 15.1 Å². The molecule has 2 fully saturated rings. The molecule has 3 heterocycles. The minimum Gasteiger partial charge on any atom is -0.381 e. The predicted octanol–water partition coefficient (Wildman–Crippen LogP) is 1.89. The molecular weight excluding hydrogens is 420 g/mol. The number of amides is 3. The summed E-state index contributed by atoms with van der Waals surface area (Å²) in [5, 5.41) is 3.17. The van der Waals surface area contributed by atoms with Crippen molar-refractivity contribution in [3.05, 3.63) is 64.6 Å². The molecule has 3 aliphatic rings. The van der Waals surface area contributed by atoms with Gasteiger partial charge in [-0.15, -0.1) is 0 Å². The van der Waals surface area contributed by atoms with Crippen LogP contribution in [-0.2, 0) is 33.8 Å². The number of imide groups is 1. The van der Waals surface area contributed by atoms with Gasteiger partial charge in [-0.2, -0.15) is 0 Å². The summed E-state index contributed by atoms with van der Waals surface area (Å²) in [5.74, 6) is -5.95. The molecule has 5 rings (SSSR count). The SMILES string of the molecule is [2H]c1c([2H])c(NC([2H])([2H])c2c([2H])c([2H])c(C([2H])([2H])N3C([2H])([2H])C([2H])([2H])OC([2H])([2H])C3([2H])[2H])c([2H])c2[2H])c2c(c1[2H])C(=O)N([C@@]1([2H])C(=O)NC(=O)C([2H])([2H])C1([2H])[2H])C2([2H])[2H]. The van der Waals surface area contributed by atoms with E-state index in [9.17, 15) is 14.4 Å². The van der Waals surface area contributed by atoms with Crippen molar-refractivity contribution in [1.29, 1.82) is 0 Å². The lowest BCUT2D eigenvalue weighted by atomic mass is 10.0. The van der Waals surface area contributed by atoms with E-state index in [-0.39, 0.29) is 0 Å². The molecular formula is C25H28N4O4. The van der Waals surface area contributed by atoms with Crippen LogP contribution < -0.4 is 10.6 Å². The van der Waals surface area contributed by atoms with E-state index in [0.29, 0.717) is 0 Å². The minimum absolute atomic E-state index is 0.526. The van der Waals surface area contributed by atoms with Crippen molar-refractivity contribution in [3.63, 3.8) is 0 Å². The largest absolute Gasteiger partial charge is 0.381 e. The molecule has 2 saturated heterocycles. The first-order valence-corrected chi connectivity index (χ1v) is 8.86. The van der Waals surface area contributed by atoms with Crippen LogP contribution in [0.4, 0.5) is 5.69 Å². The van der Waals surface area contributed by atoms with Gasteiger partial charge in [0.1, 0.15) is 6.02 Å². The van der Waals surface area contributed by atoms with Crippen molar-refractivity contribution in [3.8, 4) is 0 Å². The third-order valence-electron chi connectivity index (χ3n) is 4.05. The number of carbonyl (C=O) groups is 3. The second kappa shape index (κ2) is 9.33. The summed E-state index contributed by atoms with van der Waals surface area (Å²) in [6.07, 6.45) is -7.91. The van der Waals surface area contributed by atoms with E-state index < -0.39 is 162 Å². The summed E-state index contributed by atoms with van der Waals surface area (Å²) in [6, 6.07) is -14.3. The average Bonchev–Trinajstić information content (AvgIpc) is 3.26. The number of hydrogen-bond donors (Lipinski definition) is 2. The normalized spacial score (nSPS) is 46.4. The lowest BCUT2D eigenvalue weighted by molar-refractivity contribution is -0.136. The van der Waals surface area contributed by atoms with E-state index in [1.165, 1.54) is 5.32 Å². The Morgan fingerprint density at radius 3 is 2.70 bits per heavy atom. The second-order valence-electron chi connectivity index (χ2n) is 6.11. The van der Waals surface area contributed by atoms with Crippen molar-refractivity contribution in [2.24, 2.45) is 0 Å². The van der Waals surface area contributed by atoms with Crippen LogP contribution in [0.3, 0.4) is 0 Å². The molecule has 0 aliphatic carbocycles. The number of carbonyl (C=O) groups excluding carboxylic acids is 3. The van der Waals surface area contributed by atoms with Crippen molar-refractivity contribution >= 4 is 23.4 Å². The highest BCUT2D eigenvalue weighted by Crippen LogP contribution is 2.32. The van der Waals surface area contributed by atoms with Gasteiger partial charge in [-0.3, -0.25) is 24.6 Å². The third-order valence-corrected chi connectivity index (χ3v) is 4.05. The van der Waals surface area contributed by atoms with Crippen molar-refractivity contribution in [2.75, 3.05) is 31.4 Å². The molecule has 0 unspecified atom stereocenters. The first-order chi connectivity index (χ1) is 26.1. The highest BCUT2D eigenvalue weighted by atomic mass is 16.5. The second-order valence-corrected chi connectivity index (χ2v) is 6.11. The van der Waals surface area contributed by atoms with Gasteiger partial charge >= 0.3 is 0 Å². The fraction of sp³-hybridized carbons (Fsp3) is 0.400. The van der Waals surface area contributed by atoms with E-state index in [1.807, 2.05) is 5.32 Å². The van der Waals surface area contributed by atoms with Gasteiger partial charge < -0.3 is 15.0 Å². The Hall–Kier alpha value is -3.23. The molecule has 0 bridgehead atoms. The van der Waals surface area contributed by atoms with Crippen LogP contribution >= 0.6 is 0 Å². The maximum Gasteiger partial charge on any atom is 0.255 e. The van der Waals surface area contributed by atoms with Crippen LogP contribution in [0, 0.1) is 0 Å². The average molecular weight is 475 g/mol. The number of fused-ring (bicyclic) bond motifs is 1. The molecule has 3 aliphatic heterocycles. The van der Waals surface area contributed by atoms with Gasteiger partial charge in [0.2, 0.25) is 11.8 Å². The molecule has 0 radical (unpaired) electrons. The zero-order chi connectivity index (χ0) is 45.9. The van der Waals surface area contributed by atoms with Gasteiger partial charge in [0.25, 0.3) is 5.91 Å². The Bertz CT molecular complexity index is 2190. The Morgan fingerprint density at radius 2 is 1.91 bits per heavy atom. The highest BCUT2D eigenvalue weighted by molar-refractivity contribution is 6.06. The molecule has 33 heavy (non-hydrogen) atoms. The number of rotatable bonds is 6. The van der Waals surface area contributed by atoms with Crippen LogP contribution in [0.1, 0.15) is 75.4 Å². The summed E-state index contributed by atoms with van der Waals surface area (Å²) < 4.78 is 222. The summed E-state index contributed by atoms with van der Waals surface area (Å²) in [4.78, 5) is 38.1. The maximum atomic E-state index is 13.9. The van der Waals surface area contributed by atoms with E-state index in [1.54, 1.807) is 0 Å². The van der Waals surface area contributed by atoms with Gasteiger partial charge in [-0.1, -0.05) is 30.2 Å². The summed E-state index contributed by atoms with van der Waals surface area (Å²) in [7, 11) is 0. The van der Waals surface area contributed by atoms with Crippen LogP contribution in [0.2, 0.25) is 0 Å². The number of anilines is 1. The van der Waals surface area contributed by atoms with E-state index in [4.69, 9.17) is 35.6 Å². The molecule has 2 N–H and O–H groups in total. The third kappa shape index (κ3) is 4.62. The standard InChI is InChI=1S/C25H28N4O4/c30-23-9-8-22(24(31)27-23)29-16-20-19(25(29)32)2-1-3-21(20)26-14-17-4-6-18(7-5-17)15-28-10-12-33-13-11-28/h1-7,22,26H,8-16H2,(H,27,30,31)/t22-/m1/s1/i1D,2D,3D,4D,5D,6D,7D,8D2,9D2,10D2,11D2,12D2,13D2,14D2,15D2,16D2,22D. The number of ether oxygens (including phenoxy) is 1. The van der Waals surface area contributed by atoms with E-state index in [0.717, 1.165) is 0 Å². The van der Waals surface area contributed by atoms with Crippen LogP contribution in [0.25, 0.3) is 0 Å². The molecule has 2 aromatic rings. The Kier molecular flexibility index (Phi) is 1.95. The number of hydrogen-bond acceptors (Lipinski definition) is 6. The van der Waals surface area contributed by atoms with Crippen molar-refractivity contribution < 1.29 is 54.8 Å². The zero-order valence-electron chi connectivity index (χ0n) is 42.0. The zero-order valence-corrected chi connectivity index (χ0v) is 16.0. The Labute approximate surface area is 229 Å². The van der Waals surface area contributed by atoms with Gasteiger partial charge in [-0.05, 0) is 29.6 Å². The Balaban J connectivity index is 1.73. The highest BCUT2D eigenvalue weighted by Gasteiger charge is 2.39. The van der Waals surface area contributed by atoms with Gasteiger partial charge in [0, 0.05) is 69.4 Å². The molecule has 172 valence electrons. The van der Waals surface area contributed by atoms with Gasteiger partial charge in [0.05, 0.1) is 35.1 Å². The smallest absolute Gasteiger partial charge is 0.255 e. The summed E-state index contributed by atoms with van der Waals surface area (Å²) >= 11 is 0. The quantitative estimate of drug-likeness (QED) is 0.622. The predicted molar refractivity (Wildman–Crippen MR) is 122 cm³/mol. The Morgan fingerprint density at radius 1 is 1.15 bits per heavy atom. The number of nitrogens with one attached hydrogen (secondary N) is 2. The van der Waals surface area contributed by atoms with E-state index in [2.05, 4.69) is 4.74 Å². The molecule has 0 spiro atoms. The number of nitrogens with zero attached hydrogens (tertiary/aromatic N) is 2. The monoisotopic (exact) mass is 474 g/mol. The molecule has 8 nitrogen and oxygen atoms in total. The first kappa shape index (κ1) is 6.90. The molecule has 0 aromatic heterocycles. The lowest BCUT2D eigenvalue weighted by Gasteiger charge is -2.29. The van der Waals surface area contributed by atoms with Gasteiger partial charge in [0.15, 0.2) is 0 Å². The van der Waals surface area contributed by atoms with Gasteiger partial charge in [-0.25, -0.2) is 0 Å².